The zero-order valence-corrected chi connectivity index (χ0v) is 15.9. The average Bonchev–Trinajstić information content (AvgIpc) is 3.26. The van der Waals surface area contributed by atoms with E-state index in [1.165, 1.54) is 0 Å². The van der Waals surface area contributed by atoms with Crippen molar-refractivity contribution in [3.05, 3.63) is 52.7 Å². The molecule has 1 aliphatic rings. The Morgan fingerprint density at radius 1 is 1.04 bits per heavy atom. The van der Waals surface area contributed by atoms with E-state index in [2.05, 4.69) is 15.1 Å². The number of aryl methyl sites for hydroxylation is 2. The maximum absolute atomic E-state index is 12.5. The summed E-state index contributed by atoms with van der Waals surface area (Å²) in [6.07, 6.45) is 3.89. The molecule has 0 spiro atoms. The van der Waals surface area contributed by atoms with E-state index in [9.17, 15) is 9.59 Å². The summed E-state index contributed by atoms with van der Waals surface area (Å²) in [6, 6.07) is 9.26. The third-order valence-electron chi connectivity index (χ3n) is 4.89. The van der Waals surface area contributed by atoms with Gasteiger partial charge in [0.25, 0.3) is 0 Å². The number of nitrogens with zero attached hydrogens (tertiary/aromatic N) is 3. The highest BCUT2D eigenvalue weighted by Crippen LogP contribution is 2.17. The van der Waals surface area contributed by atoms with E-state index in [0.29, 0.717) is 5.56 Å². The first-order chi connectivity index (χ1) is 13.1. The molecule has 27 heavy (non-hydrogen) atoms. The zero-order chi connectivity index (χ0) is 19.2. The molecule has 1 saturated heterocycles. The van der Waals surface area contributed by atoms with Crippen LogP contribution in [-0.4, -0.2) is 41.6 Å². The second-order valence-corrected chi connectivity index (χ2v) is 6.67. The predicted molar refractivity (Wildman–Crippen MR) is 103 cm³/mol. The van der Waals surface area contributed by atoms with Gasteiger partial charge in [-0.3, -0.25) is 4.79 Å². The molecule has 0 saturated carbocycles. The van der Waals surface area contributed by atoms with Crippen molar-refractivity contribution in [3.63, 3.8) is 0 Å². The van der Waals surface area contributed by atoms with Crippen molar-refractivity contribution in [3.8, 4) is 0 Å². The molecular formula is C21H25N3O3. The van der Waals surface area contributed by atoms with E-state index >= 15 is 0 Å². The van der Waals surface area contributed by atoms with Crippen LogP contribution in [0.25, 0.3) is 0 Å². The number of Topliss-reactive ketones (excluding diaryl/α,β-unsaturated/α-hetero) is 1. The van der Waals surface area contributed by atoms with Crippen LogP contribution in [0, 0.1) is 0 Å². The van der Waals surface area contributed by atoms with Gasteiger partial charge < -0.3 is 9.64 Å². The molecule has 0 atom stereocenters. The summed E-state index contributed by atoms with van der Waals surface area (Å²) in [5, 5.41) is 8.06. The van der Waals surface area contributed by atoms with Crippen LogP contribution in [0.5, 0.6) is 0 Å². The molecule has 6 heteroatoms. The molecule has 1 fully saturated rings. The number of carbonyl (C=O) groups excluding carboxylic acids is 2. The largest absolute Gasteiger partial charge is 0.453 e. The predicted octanol–water partition coefficient (Wildman–Crippen LogP) is 3.24. The fourth-order valence-electron chi connectivity index (χ4n) is 3.24. The SMILES string of the molecule is CCc1ccc(CC)c(C(=O)COC(=O)c2ccc(N3CCCC3)nn2)c1. The molecule has 0 radical (unpaired) electrons. The smallest absolute Gasteiger partial charge is 0.359 e. The summed E-state index contributed by atoms with van der Waals surface area (Å²) in [5.74, 6) is -0.0604. The Labute approximate surface area is 159 Å². The standard InChI is InChI=1S/C21H25N3O3/c1-3-15-7-8-16(4-2)17(13-15)19(25)14-27-21(26)18-9-10-20(23-22-18)24-11-5-6-12-24/h7-10,13H,3-6,11-12,14H2,1-2H3. The normalized spacial score (nSPS) is 13.6. The molecule has 0 amide bonds. The van der Waals surface area contributed by atoms with Gasteiger partial charge >= 0.3 is 5.97 Å². The van der Waals surface area contributed by atoms with Crippen molar-refractivity contribution in [1.29, 1.82) is 0 Å². The van der Waals surface area contributed by atoms with Crippen LogP contribution in [0.1, 0.15) is 58.7 Å². The van der Waals surface area contributed by atoms with Crippen molar-refractivity contribution >= 4 is 17.6 Å². The molecule has 1 aliphatic heterocycles. The van der Waals surface area contributed by atoms with Crippen LogP contribution >= 0.6 is 0 Å². The first kappa shape index (κ1) is 19.0. The Balaban J connectivity index is 1.62. The lowest BCUT2D eigenvalue weighted by Gasteiger charge is -2.15. The number of esters is 1. The number of ether oxygens (including phenoxy) is 1. The number of hydrogen-bond acceptors (Lipinski definition) is 6. The van der Waals surface area contributed by atoms with Gasteiger partial charge in [0.1, 0.15) is 0 Å². The lowest BCUT2D eigenvalue weighted by atomic mass is 9.98. The average molecular weight is 367 g/mol. The van der Waals surface area contributed by atoms with E-state index in [0.717, 1.165) is 55.7 Å². The number of carbonyl (C=O) groups is 2. The summed E-state index contributed by atoms with van der Waals surface area (Å²) in [7, 11) is 0. The highest BCUT2D eigenvalue weighted by molar-refractivity contribution is 6.00. The maximum atomic E-state index is 12.5. The van der Waals surface area contributed by atoms with Crippen LogP contribution < -0.4 is 4.90 Å². The first-order valence-corrected chi connectivity index (χ1v) is 9.53. The quantitative estimate of drug-likeness (QED) is 0.553. The Morgan fingerprint density at radius 3 is 2.44 bits per heavy atom. The number of hydrogen-bond donors (Lipinski definition) is 0. The number of anilines is 1. The van der Waals surface area contributed by atoms with Crippen molar-refractivity contribution in [2.75, 3.05) is 24.6 Å². The van der Waals surface area contributed by atoms with E-state index in [1.807, 2.05) is 32.0 Å². The van der Waals surface area contributed by atoms with Gasteiger partial charge in [-0.2, -0.15) is 0 Å². The lowest BCUT2D eigenvalue weighted by Crippen LogP contribution is -2.21. The van der Waals surface area contributed by atoms with Crippen LogP contribution in [0.2, 0.25) is 0 Å². The molecule has 1 aromatic carbocycles. The Bertz CT molecular complexity index is 812. The second-order valence-electron chi connectivity index (χ2n) is 6.67. The Kier molecular flexibility index (Phi) is 6.16. The molecule has 142 valence electrons. The minimum Gasteiger partial charge on any atom is -0.453 e. The van der Waals surface area contributed by atoms with Crippen LogP contribution in [0.15, 0.2) is 30.3 Å². The highest BCUT2D eigenvalue weighted by Gasteiger charge is 2.18. The topological polar surface area (TPSA) is 72.4 Å². The summed E-state index contributed by atoms with van der Waals surface area (Å²) in [5.41, 5.74) is 2.79. The second kappa shape index (κ2) is 8.75. The number of benzene rings is 1. The van der Waals surface area contributed by atoms with Crippen molar-refractivity contribution in [1.82, 2.24) is 10.2 Å². The number of aromatic nitrogens is 2. The van der Waals surface area contributed by atoms with Gasteiger partial charge in [-0.25, -0.2) is 4.79 Å². The van der Waals surface area contributed by atoms with Crippen LogP contribution in [0.3, 0.4) is 0 Å². The maximum Gasteiger partial charge on any atom is 0.359 e. The molecule has 3 rings (SSSR count). The monoisotopic (exact) mass is 367 g/mol. The van der Waals surface area contributed by atoms with Crippen LogP contribution in [-0.2, 0) is 17.6 Å². The minimum absolute atomic E-state index is 0.115. The molecule has 2 aromatic rings. The van der Waals surface area contributed by atoms with Gasteiger partial charge in [0.05, 0.1) is 0 Å². The molecule has 6 nitrogen and oxygen atoms in total. The van der Waals surface area contributed by atoms with E-state index in [4.69, 9.17) is 4.74 Å². The fraction of sp³-hybridized carbons (Fsp3) is 0.429. The Morgan fingerprint density at radius 2 is 1.81 bits per heavy atom. The van der Waals surface area contributed by atoms with E-state index < -0.39 is 5.97 Å². The molecule has 0 aliphatic carbocycles. The van der Waals surface area contributed by atoms with E-state index in [1.54, 1.807) is 12.1 Å². The van der Waals surface area contributed by atoms with Crippen LogP contribution in [0.4, 0.5) is 5.82 Å². The summed E-state index contributed by atoms with van der Waals surface area (Å²) >= 11 is 0. The van der Waals surface area contributed by atoms with Crippen molar-refractivity contribution in [2.24, 2.45) is 0 Å². The number of ketones is 1. The zero-order valence-electron chi connectivity index (χ0n) is 15.9. The van der Waals surface area contributed by atoms with Crippen molar-refractivity contribution in [2.45, 2.75) is 39.5 Å². The molecule has 0 N–H and O–H groups in total. The molecule has 0 bridgehead atoms. The molecule has 2 heterocycles. The third-order valence-corrected chi connectivity index (χ3v) is 4.89. The highest BCUT2D eigenvalue weighted by atomic mass is 16.5. The lowest BCUT2D eigenvalue weighted by molar-refractivity contribution is 0.0467. The van der Waals surface area contributed by atoms with Gasteiger partial charge in [0.15, 0.2) is 18.1 Å². The Hall–Kier alpha value is -2.76. The fourth-order valence-corrected chi connectivity index (χ4v) is 3.24. The van der Waals surface area contributed by atoms with Crippen molar-refractivity contribution < 1.29 is 14.3 Å². The van der Waals surface area contributed by atoms with E-state index in [-0.39, 0.29) is 18.1 Å². The van der Waals surface area contributed by atoms with Gasteiger partial charge in [-0.15, -0.1) is 10.2 Å². The summed E-state index contributed by atoms with van der Waals surface area (Å²) in [4.78, 5) is 26.9. The summed E-state index contributed by atoms with van der Waals surface area (Å²) < 4.78 is 5.18. The number of rotatable bonds is 7. The molecule has 0 unspecified atom stereocenters. The summed E-state index contributed by atoms with van der Waals surface area (Å²) in [6.45, 7) is 5.67. The first-order valence-electron chi connectivity index (χ1n) is 9.53. The molecular weight excluding hydrogens is 342 g/mol. The molecule has 1 aromatic heterocycles. The van der Waals surface area contributed by atoms with Gasteiger partial charge in [-0.1, -0.05) is 26.0 Å². The van der Waals surface area contributed by atoms with Gasteiger partial charge in [0.2, 0.25) is 5.78 Å². The van der Waals surface area contributed by atoms with Gasteiger partial charge in [-0.05, 0) is 55.0 Å². The van der Waals surface area contributed by atoms with Gasteiger partial charge in [0, 0.05) is 18.7 Å². The minimum atomic E-state index is -0.631. The third kappa shape index (κ3) is 4.51.